The minimum absolute atomic E-state index is 0.00173. The van der Waals surface area contributed by atoms with Gasteiger partial charge in [-0.3, -0.25) is 0 Å². The zero-order valence-electron chi connectivity index (χ0n) is 10.7. The molecule has 2 aromatic rings. The topological polar surface area (TPSA) is 68.7 Å². The third-order valence-corrected chi connectivity index (χ3v) is 3.11. The molecule has 0 radical (unpaired) electrons. The molecule has 0 aliphatic carbocycles. The average Bonchev–Trinajstić information content (AvgIpc) is 2.88. The molecule has 5 nitrogen and oxygen atoms in total. The maximum Gasteiger partial charge on any atom is 0.354 e. The Bertz CT molecular complexity index is 599. The number of hydrogen-bond donors (Lipinski definition) is 1. The molecule has 5 heteroatoms. The SMILES string of the molecule is O=C(O)c1ccc(OCC2Cc3ccccc3O2)cn1. The molecule has 0 amide bonds. The normalized spacial score (nSPS) is 16.3. The van der Waals surface area contributed by atoms with Crippen LogP contribution in [-0.4, -0.2) is 28.8 Å². The maximum atomic E-state index is 10.7. The zero-order chi connectivity index (χ0) is 13.9. The molecule has 1 unspecified atom stereocenters. The molecule has 0 saturated carbocycles. The number of rotatable bonds is 4. The third-order valence-electron chi connectivity index (χ3n) is 3.11. The number of aromatic nitrogens is 1. The number of hydrogen-bond acceptors (Lipinski definition) is 4. The Balaban J connectivity index is 1.57. The number of nitrogens with zero attached hydrogens (tertiary/aromatic N) is 1. The zero-order valence-corrected chi connectivity index (χ0v) is 10.7. The quantitative estimate of drug-likeness (QED) is 0.922. The highest BCUT2D eigenvalue weighted by Crippen LogP contribution is 2.28. The molecule has 2 heterocycles. The fourth-order valence-corrected chi connectivity index (χ4v) is 2.13. The number of para-hydroxylation sites is 1. The maximum absolute atomic E-state index is 10.7. The van der Waals surface area contributed by atoms with Crippen molar-refractivity contribution in [2.75, 3.05) is 6.61 Å². The molecule has 0 fully saturated rings. The van der Waals surface area contributed by atoms with Gasteiger partial charge in [-0.2, -0.15) is 0 Å². The van der Waals surface area contributed by atoms with E-state index in [1.807, 2.05) is 24.3 Å². The fraction of sp³-hybridized carbons (Fsp3) is 0.200. The molecule has 20 heavy (non-hydrogen) atoms. The van der Waals surface area contributed by atoms with E-state index < -0.39 is 5.97 Å². The van der Waals surface area contributed by atoms with Gasteiger partial charge in [-0.05, 0) is 23.8 Å². The highest BCUT2D eigenvalue weighted by Gasteiger charge is 2.22. The first-order valence-corrected chi connectivity index (χ1v) is 6.29. The van der Waals surface area contributed by atoms with E-state index in [0.717, 1.165) is 12.2 Å². The fourth-order valence-electron chi connectivity index (χ4n) is 2.13. The highest BCUT2D eigenvalue weighted by molar-refractivity contribution is 5.85. The van der Waals surface area contributed by atoms with Gasteiger partial charge in [0.05, 0.1) is 6.20 Å². The molecule has 0 bridgehead atoms. The van der Waals surface area contributed by atoms with Gasteiger partial charge in [-0.25, -0.2) is 9.78 Å². The number of benzene rings is 1. The highest BCUT2D eigenvalue weighted by atomic mass is 16.5. The van der Waals surface area contributed by atoms with Gasteiger partial charge >= 0.3 is 5.97 Å². The first-order chi connectivity index (χ1) is 9.72. The minimum atomic E-state index is -1.05. The van der Waals surface area contributed by atoms with Gasteiger partial charge in [-0.1, -0.05) is 18.2 Å². The molecular weight excluding hydrogens is 258 g/mol. The summed E-state index contributed by atoms with van der Waals surface area (Å²) in [4.78, 5) is 14.5. The van der Waals surface area contributed by atoms with E-state index in [2.05, 4.69) is 4.98 Å². The second-order valence-electron chi connectivity index (χ2n) is 4.55. The van der Waals surface area contributed by atoms with E-state index in [1.165, 1.54) is 17.8 Å². The van der Waals surface area contributed by atoms with Gasteiger partial charge in [0.1, 0.15) is 29.9 Å². The van der Waals surface area contributed by atoms with E-state index in [9.17, 15) is 4.79 Å². The van der Waals surface area contributed by atoms with Crippen molar-refractivity contribution in [3.8, 4) is 11.5 Å². The predicted molar refractivity (Wildman–Crippen MR) is 71.3 cm³/mol. The first kappa shape index (κ1) is 12.5. The molecule has 1 aliphatic rings. The van der Waals surface area contributed by atoms with Gasteiger partial charge < -0.3 is 14.6 Å². The Morgan fingerprint density at radius 2 is 2.20 bits per heavy atom. The Labute approximate surface area is 115 Å². The lowest BCUT2D eigenvalue weighted by Crippen LogP contribution is -2.22. The molecule has 102 valence electrons. The number of fused-ring (bicyclic) bond motifs is 1. The van der Waals surface area contributed by atoms with Crippen LogP contribution >= 0.6 is 0 Å². The summed E-state index contributed by atoms with van der Waals surface area (Å²) in [5, 5.41) is 8.76. The molecule has 1 aromatic heterocycles. The summed E-state index contributed by atoms with van der Waals surface area (Å²) in [6.07, 6.45) is 2.20. The lowest BCUT2D eigenvalue weighted by Gasteiger charge is -2.12. The molecule has 0 spiro atoms. The molecule has 1 aromatic carbocycles. The van der Waals surface area contributed by atoms with Crippen LogP contribution in [0, 0.1) is 0 Å². The van der Waals surface area contributed by atoms with Crippen molar-refractivity contribution < 1.29 is 19.4 Å². The minimum Gasteiger partial charge on any atom is -0.488 e. The van der Waals surface area contributed by atoms with E-state index >= 15 is 0 Å². The summed E-state index contributed by atoms with van der Waals surface area (Å²) in [5.41, 5.74) is 1.18. The molecule has 1 atom stereocenters. The lowest BCUT2D eigenvalue weighted by atomic mass is 10.1. The standard InChI is InChI=1S/C15H13NO4/c17-15(18)13-6-5-11(8-16-13)19-9-12-7-10-3-1-2-4-14(10)20-12/h1-6,8,12H,7,9H2,(H,17,18). The van der Waals surface area contributed by atoms with E-state index in [-0.39, 0.29) is 11.8 Å². The predicted octanol–water partition coefficient (Wildman–Crippen LogP) is 2.16. The van der Waals surface area contributed by atoms with Crippen LogP contribution in [0.4, 0.5) is 0 Å². The Morgan fingerprint density at radius 1 is 1.35 bits per heavy atom. The summed E-state index contributed by atoms with van der Waals surface area (Å²) >= 11 is 0. The first-order valence-electron chi connectivity index (χ1n) is 6.29. The third kappa shape index (κ3) is 2.56. The lowest BCUT2D eigenvalue weighted by molar-refractivity contribution is 0.0690. The van der Waals surface area contributed by atoms with E-state index in [1.54, 1.807) is 6.07 Å². The summed E-state index contributed by atoms with van der Waals surface area (Å²) < 4.78 is 11.3. The average molecular weight is 271 g/mol. The summed E-state index contributed by atoms with van der Waals surface area (Å²) in [6.45, 7) is 0.406. The van der Waals surface area contributed by atoms with Crippen LogP contribution in [0.15, 0.2) is 42.6 Å². The van der Waals surface area contributed by atoms with Gasteiger partial charge in [0.15, 0.2) is 0 Å². The van der Waals surface area contributed by atoms with Gasteiger partial charge in [0, 0.05) is 6.42 Å². The molecule has 1 N–H and O–H groups in total. The second-order valence-corrected chi connectivity index (χ2v) is 4.55. The van der Waals surface area contributed by atoms with Crippen LogP contribution in [0.2, 0.25) is 0 Å². The van der Waals surface area contributed by atoms with Crippen LogP contribution in [0.25, 0.3) is 0 Å². The van der Waals surface area contributed by atoms with Crippen molar-refractivity contribution in [2.24, 2.45) is 0 Å². The second kappa shape index (κ2) is 5.21. The Morgan fingerprint density at radius 3 is 2.90 bits per heavy atom. The van der Waals surface area contributed by atoms with Crippen LogP contribution in [0.5, 0.6) is 11.5 Å². The van der Waals surface area contributed by atoms with Crippen LogP contribution < -0.4 is 9.47 Å². The van der Waals surface area contributed by atoms with Crippen molar-refractivity contribution >= 4 is 5.97 Å². The van der Waals surface area contributed by atoms with Gasteiger partial charge in [0.2, 0.25) is 0 Å². The molecule has 0 saturated heterocycles. The molecule has 3 rings (SSSR count). The number of ether oxygens (including phenoxy) is 2. The van der Waals surface area contributed by atoms with Crippen LogP contribution in [0.3, 0.4) is 0 Å². The van der Waals surface area contributed by atoms with E-state index in [4.69, 9.17) is 14.6 Å². The number of carboxylic acids is 1. The number of carbonyl (C=O) groups is 1. The largest absolute Gasteiger partial charge is 0.488 e. The van der Waals surface area contributed by atoms with Crippen molar-refractivity contribution in [3.63, 3.8) is 0 Å². The Kier molecular flexibility index (Phi) is 3.25. The van der Waals surface area contributed by atoms with Crippen molar-refractivity contribution in [1.82, 2.24) is 4.98 Å². The number of aromatic carboxylic acids is 1. The Hall–Kier alpha value is -2.56. The molecular formula is C15H13NO4. The van der Waals surface area contributed by atoms with Crippen LogP contribution in [-0.2, 0) is 6.42 Å². The monoisotopic (exact) mass is 271 g/mol. The van der Waals surface area contributed by atoms with Crippen molar-refractivity contribution in [1.29, 1.82) is 0 Å². The van der Waals surface area contributed by atoms with Crippen molar-refractivity contribution in [3.05, 3.63) is 53.9 Å². The summed E-state index contributed by atoms with van der Waals surface area (Å²) in [5.74, 6) is 0.390. The summed E-state index contributed by atoms with van der Waals surface area (Å²) in [7, 11) is 0. The smallest absolute Gasteiger partial charge is 0.354 e. The van der Waals surface area contributed by atoms with E-state index in [0.29, 0.717) is 12.4 Å². The number of pyridine rings is 1. The van der Waals surface area contributed by atoms with Gasteiger partial charge in [0.25, 0.3) is 0 Å². The molecule has 1 aliphatic heterocycles. The number of carboxylic acid groups (broad SMARTS) is 1. The summed E-state index contributed by atoms with van der Waals surface area (Å²) in [6, 6.07) is 10.9. The van der Waals surface area contributed by atoms with Crippen molar-refractivity contribution in [2.45, 2.75) is 12.5 Å². The van der Waals surface area contributed by atoms with Gasteiger partial charge in [-0.15, -0.1) is 0 Å². The van der Waals surface area contributed by atoms with Crippen LogP contribution in [0.1, 0.15) is 16.1 Å².